The van der Waals surface area contributed by atoms with Gasteiger partial charge in [-0.1, -0.05) is 34.1 Å². The van der Waals surface area contributed by atoms with E-state index in [0.29, 0.717) is 11.8 Å². The van der Waals surface area contributed by atoms with Crippen LogP contribution in [0.5, 0.6) is 11.6 Å². The molecule has 0 bridgehead atoms. The van der Waals surface area contributed by atoms with Gasteiger partial charge >= 0.3 is 0 Å². The second kappa shape index (κ2) is 6.00. The maximum atomic E-state index is 13.8. The summed E-state index contributed by atoms with van der Waals surface area (Å²) in [6.07, 6.45) is 0. The summed E-state index contributed by atoms with van der Waals surface area (Å²) in [5, 5.41) is 0.967. The third-order valence-electron chi connectivity index (χ3n) is 3.03. The second-order valence-electron chi connectivity index (χ2n) is 4.45. The smallest absolute Gasteiger partial charge is 0.220 e. The van der Waals surface area contributed by atoms with E-state index in [1.54, 1.807) is 18.2 Å². The molecular weight excluding hydrogens is 357 g/mol. The van der Waals surface area contributed by atoms with Gasteiger partial charge in [0.2, 0.25) is 5.88 Å². The highest BCUT2D eigenvalue weighted by Crippen LogP contribution is 2.29. The summed E-state index contributed by atoms with van der Waals surface area (Å²) in [5.74, 6) is 0.329. The maximum Gasteiger partial charge on any atom is 0.220 e. The Morgan fingerprint density at radius 1 is 1.14 bits per heavy atom. The Morgan fingerprint density at radius 2 is 1.95 bits per heavy atom. The lowest BCUT2D eigenvalue weighted by atomic mass is 10.1. The molecule has 0 atom stereocenters. The van der Waals surface area contributed by atoms with Crippen LogP contribution < -0.4 is 4.74 Å². The van der Waals surface area contributed by atoms with Gasteiger partial charge in [-0.3, -0.25) is 0 Å². The molecule has 21 heavy (non-hydrogen) atoms. The number of pyridine rings is 1. The average Bonchev–Trinajstić information content (AvgIpc) is 2.50. The van der Waals surface area contributed by atoms with E-state index in [-0.39, 0.29) is 5.75 Å². The maximum absolute atomic E-state index is 13.8. The lowest BCUT2D eigenvalue weighted by Crippen LogP contribution is -1.94. The molecule has 0 spiro atoms. The number of hydrogen-bond acceptors (Lipinski definition) is 2. The highest BCUT2D eigenvalue weighted by atomic mass is 79.9. The van der Waals surface area contributed by atoms with Crippen molar-refractivity contribution in [1.29, 1.82) is 0 Å². The molecule has 106 valence electrons. The molecule has 0 aliphatic carbocycles. The number of fused-ring (bicyclic) bond motifs is 1. The van der Waals surface area contributed by atoms with Crippen LogP contribution in [0.1, 0.15) is 5.56 Å². The molecule has 5 heteroatoms. The topological polar surface area (TPSA) is 22.1 Å². The minimum Gasteiger partial charge on any atom is -0.436 e. The SMILES string of the molecule is Fc1ccc(Br)cc1Oc1cc(CCl)c2ccccc2n1. The summed E-state index contributed by atoms with van der Waals surface area (Å²) < 4.78 is 20.1. The molecule has 0 amide bonds. The van der Waals surface area contributed by atoms with Gasteiger partial charge in [0.25, 0.3) is 0 Å². The Kier molecular flexibility index (Phi) is 4.08. The predicted octanol–water partition coefficient (Wildman–Crippen LogP) is 5.67. The normalized spacial score (nSPS) is 10.8. The molecule has 3 aromatic rings. The molecule has 0 aliphatic rings. The number of ether oxygens (including phenoxy) is 1. The molecule has 0 N–H and O–H groups in total. The molecule has 0 saturated carbocycles. The summed E-state index contributed by atoms with van der Waals surface area (Å²) >= 11 is 9.26. The Morgan fingerprint density at radius 3 is 2.76 bits per heavy atom. The molecule has 0 unspecified atom stereocenters. The van der Waals surface area contributed by atoms with Crippen molar-refractivity contribution in [2.24, 2.45) is 0 Å². The number of aromatic nitrogens is 1. The van der Waals surface area contributed by atoms with Crippen LogP contribution >= 0.6 is 27.5 Å². The third kappa shape index (κ3) is 3.01. The Balaban J connectivity index is 2.06. The van der Waals surface area contributed by atoms with Crippen LogP contribution in [0.3, 0.4) is 0 Å². The van der Waals surface area contributed by atoms with E-state index in [2.05, 4.69) is 20.9 Å². The number of hydrogen-bond donors (Lipinski definition) is 0. The van der Waals surface area contributed by atoms with Gasteiger partial charge in [-0.25, -0.2) is 9.37 Å². The molecule has 0 fully saturated rings. The van der Waals surface area contributed by atoms with Gasteiger partial charge in [-0.2, -0.15) is 0 Å². The number of nitrogens with zero attached hydrogens (tertiary/aromatic N) is 1. The van der Waals surface area contributed by atoms with Crippen LogP contribution in [0.25, 0.3) is 10.9 Å². The zero-order valence-electron chi connectivity index (χ0n) is 10.8. The van der Waals surface area contributed by atoms with Crippen molar-refractivity contribution >= 4 is 38.4 Å². The average molecular weight is 367 g/mol. The standard InChI is InChI=1S/C16H10BrClFNO/c17-11-5-6-13(19)15(8-11)21-16-7-10(9-18)12-3-1-2-4-14(12)20-16/h1-8H,9H2. The first kappa shape index (κ1) is 14.3. The molecule has 2 nitrogen and oxygen atoms in total. The van der Waals surface area contributed by atoms with Crippen LogP contribution in [0, 0.1) is 5.82 Å². The van der Waals surface area contributed by atoms with E-state index >= 15 is 0 Å². The van der Waals surface area contributed by atoms with Gasteiger partial charge in [0.05, 0.1) is 5.52 Å². The number of para-hydroxylation sites is 1. The molecule has 0 saturated heterocycles. The monoisotopic (exact) mass is 365 g/mol. The van der Waals surface area contributed by atoms with Crippen LogP contribution in [-0.4, -0.2) is 4.98 Å². The highest BCUT2D eigenvalue weighted by molar-refractivity contribution is 9.10. The molecule has 3 rings (SSSR count). The molecule has 0 radical (unpaired) electrons. The fourth-order valence-corrected chi connectivity index (χ4v) is 2.61. The van der Waals surface area contributed by atoms with Crippen LogP contribution in [-0.2, 0) is 5.88 Å². The van der Waals surface area contributed by atoms with Crippen LogP contribution in [0.4, 0.5) is 4.39 Å². The van der Waals surface area contributed by atoms with E-state index in [1.165, 1.54) is 6.07 Å². The minimum absolute atomic E-state index is 0.118. The molecular formula is C16H10BrClFNO. The lowest BCUT2D eigenvalue weighted by molar-refractivity contribution is 0.428. The summed E-state index contributed by atoms with van der Waals surface area (Å²) in [7, 11) is 0. The van der Waals surface area contributed by atoms with Crippen molar-refractivity contribution in [2.75, 3.05) is 0 Å². The van der Waals surface area contributed by atoms with Crippen molar-refractivity contribution in [3.8, 4) is 11.6 Å². The summed E-state index contributed by atoms with van der Waals surface area (Å²) in [6, 6.07) is 13.9. The number of halogens is 3. The van der Waals surface area contributed by atoms with Crippen molar-refractivity contribution in [1.82, 2.24) is 4.98 Å². The first-order valence-electron chi connectivity index (χ1n) is 6.25. The van der Waals surface area contributed by atoms with Crippen molar-refractivity contribution < 1.29 is 9.13 Å². The minimum atomic E-state index is -0.444. The lowest BCUT2D eigenvalue weighted by Gasteiger charge is -2.10. The Hall–Kier alpha value is -1.65. The fraction of sp³-hybridized carbons (Fsp3) is 0.0625. The first-order valence-corrected chi connectivity index (χ1v) is 7.57. The molecule has 0 aliphatic heterocycles. The first-order chi connectivity index (χ1) is 10.2. The summed E-state index contributed by atoms with van der Waals surface area (Å²) in [5.41, 5.74) is 1.66. The van der Waals surface area contributed by atoms with Gasteiger partial charge in [0.15, 0.2) is 11.6 Å². The van der Waals surface area contributed by atoms with Gasteiger partial charge in [-0.05, 0) is 29.8 Å². The van der Waals surface area contributed by atoms with E-state index in [9.17, 15) is 4.39 Å². The van der Waals surface area contributed by atoms with Gasteiger partial charge < -0.3 is 4.74 Å². The van der Waals surface area contributed by atoms with Gasteiger partial charge in [0, 0.05) is 21.8 Å². The van der Waals surface area contributed by atoms with Crippen molar-refractivity contribution in [3.05, 3.63) is 64.4 Å². The van der Waals surface area contributed by atoms with Gasteiger partial charge in [0.1, 0.15) is 0 Å². The summed E-state index contributed by atoms with van der Waals surface area (Å²) in [6.45, 7) is 0. The Bertz CT molecular complexity index is 809. The van der Waals surface area contributed by atoms with E-state index < -0.39 is 5.82 Å². The van der Waals surface area contributed by atoms with E-state index in [4.69, 9.17) is 16.3 Å². The predicted molar refractivity (Wildman–Crippen MR) is 85.5 cm³/mol. The zero-order chi connectivity index (χ0) is 14.8. The van der Waals surface area contributed by atoms with Gasteiger partial charge in [-0.15, -0.1) is 11.6 Å². The third-order valence-corrected chi connectivity index (χ3v) is 3.81. The Labute approximate surface area is 134 Å². The molecule has 1 aromatic heterocycles. The largest absolute Gasteiger partial charge is 0.436 e. The van der Waals surface area contributed by atoms with Crippen molar-refractivity contribution in [3.63, 3.8) is 0 Å². The number of alkyl halides is 1. The highest BCUT2D eigenvalue weighted by Gasteiger charge is 2.10. The summed E-state index contributed by atoms with van der Waals surface area (Å²) in [4.78, 5) is 4.39. The quantitative estimate of drug-likeness (QED) is 0.557. The van der Waals surface area contributed by atoms with E-state index in [0.717, 1.165) is 20.9 Å². The van der Waals surface area contributed by atoms with Crippen LogP contribution in [0.2, 0.25) is 0 Å². The molecule has 2 aromatic carbocycles. The van der Waals surface area contributed by atoms with Crippen molar-refractivity contribution in [2.45, 2.75) is 5.88 Å². The van der Waals surface area contributed by atoms with Crippen LogP contribution in [0.15, 0.2) is 53.0 Å². The fourth-order valence-electron chi connectivity index (χ4n) is 2.05. The zero-order valence-corrected chi connectivity index (χ0v) is 13.2. The number of benzene rings is 2. The van der Waals surface area contributed by atoms with E-state index in [1.807, 2.05) is 24.3 Å². The number of rotatable bonds is 3. The molecule has 1 heterocycles. The second-order valence-corrected chi connectivity index (χ2v) is 5.63.